The molecule has 146 valence electrons. The number of ether oxygens (including phenoxy) is 1. The number of imidazole rings is 1. The second-order valence-electron chi connectivity index (χ2n) is 6.41. The molecule has 0 fully saturated rings. The molecule has 3 aromatic rings. The fourth-order valence-corrected chi connectivity index (χ4v) is 3.18. The van der Waals surface area contributed by atoms with E-state index in [4.69, 9.17) is 16.3 Å². The average Bonchev–Trinajstić information content (AvgIpc) is 3.25. The Morgan fingerprint density at radius 1 is 1.21 bits per heavy atom. The number of halogens is 1. The average molecular weight is 401 g/mol. The Morgan fingerprint density at radius 2 is 1.96 bits per heavy atom. The highest BCUT2D eigenvalue weighted by atomic mass is 35.5. The standard InChI is InChI=1S/C20H21ClN4O3/c1-5-14-17(21)25-18(23-14)19(26)24-15-7-6-12(8-10(15)2)16-9-13(11(3)22-16)20(27)28-4/h6-9,22H,5H2,1-4H3,(H,23,25)(H,24,26). The monoisotopic (exact) mass is 400 g/mol. The van der Waals surface area contributed by atoms with Crippen molar-refractivity contribution in [1.82, 2.24) is 15.0 Å². The summed E-state index contributed by atoms with van der Waals surface area (Å²) < 4.78 is 4.79. The van der Waals surface area contributed by atoms with Gasteiger partial charge in [-0.25, -0.2) is 9.78 Å². The molecular formula is C20H21ClN4O3. The molecule has 0 aliphatic rings. The normalized spacial score (nSPS) is 10.8. The fourth-order valence-electron chi connectivity index (χ4n) is 2.92. The van der Waals surface area contributed by atoms with E-state index in [1.165, 1.54) is 7.11 Å². The number of aromatic amines is 2. The van der Waals surface area contributed by atoms with E-state index in [0.29, 0.717) is 22.8 Å². The first-order valence-electron chi connectivity index (χ1n) is 8.78. The van der Waals surface area contributed by atoms with Crippen LogP contribution in [0.3, 0.4) is 0 Å². The van der Waals surface area contributed by atoms with Crippen LogP contribution >= 0.6 is 11.6 Å². The van der Waals surface area contributed by atoms with Crippen LogP contribution in [0.2, 0.25) is 5.15 Å². The van der Waals surface area contributed by atoms with E-state index in [-0.39, 0.29) is 17.7 Å². The summed E-state index contributed by atoms with van der Waals surface area (Å²) in [5, 5.41) is 3.15. The van der Waals surface area contributed by atoms with Crippen LogP contribution in [0.1, 0.15) is 44.9 Å². The molecule has 3 rings (SSSR count). The summed E-state index contributed by atoms with van der Waals surface area (Å²) in [6.45, 7) is 5.64. The molecular weight excluding hydrogens is 380 g/mol. The Balaban J connectivity index is 1.82. The number of aromatic nitrogens is 3. The van der Waals surface area contributed by atoms with Crippen molar-refractivity contribution in [2.75, 3.05) is 12.4 Å². The van der Waals surface area contributed by atoms with Gasteiger partial charge in [0.15, 0.2) is 11.0 Å². The minimum atomic E-state index is -0.385. The van der Waals surface area contributed by atoms with Crippen LogP contribution in [0.5, 0.6) is 0 Å². The van der Waals surface area contributed by atoms with Gasteiger partial charge < -0.3 is 20.0 Å². The number of carbonyl (C=O) groups is 2. The van der Waals surface area contributed by atoms with E-state index in [1.807, 2.05) is 39.0 Å². The molecule has 0 unspecified atom stereocenters. The van der Waals surface area contributed by atoms with E-state index < -0.39 is 0 Å². The van der Waals surface area contributed by atoms with E-state index in [9.17, 15) is 9.59 Å². The number of methoxy groups -OCH3 is 1. The minimum Gasteiger partial charge on any atom is -0.465 e. The summed E-state index contributed by atoms with van der Waals surface area (Å²) in [5.74, 6) is -0.571. The maximum absolute atomic E-state index is 12.4. The van der Waals surface area contributed by atoms with Gasteiger partial charge in [0, 0.05) is 17.1 Å². The van der Waals surface area contributed by atoms with Gasteiger partial charge in [0.25, 0.3) is 5.91 Å². The molecule has 3 N–H and O–H groups in total. The number of hydrogen-bond donors (Lipinski definition) is 3. The number of esters is 1. The van der Waals surface area contributed by atoms with E-state index in [1.54, 1.807) is 6.07 Å². The zero-order valence-electron chi connectivity index (χ0n) is 16.1. The largest absolute Gasteiger partial charge is 0.465 e. The van der Waals surface area contributed by atoms with Crippen molar-refractivity contribution in [3.8, 4) is 11.3 Å². The molecule has 2 heterocycles. The van der Waals surface area contributed by atoms with Gasteiger partial charge in [-0.1, -0.05) is 24.6 Å². The van der Waals surface area contributed by atoms with Gasteiger partial charge in [-0.3, -0.25) is 4.79 Å². The van der Waals surface area contributed by atoms with Gasteiger partial charge >= 0.3 is 5.97 Å². The molecule has 1 aromatic carbocycles. The maximum atomic E-state index is 12.4. The predicted molar refractivity (Wildman–Crippen MR) is 108 cm³/mol. The summed E-state index contributed by atoms with van der Waals surface area (Å²) in [6, 6.07) is 7.35. The summed E-state index contributed by atoms with van der Waals surface area (Å²) in [5.41, 5.74) is 5.17. The first-order chi connectivity index (χ1) is 13.3. The Labute approximate surface area is 167 Å². The first-order valence-corrected chi connectivity index (χ1v) is 9.16. The van der Waals surface area contributed by atoms with E-state index in [0.717, 1.165) is 28.2 Å². The van der Waals surface area contributed by atoms with Gasteiger partial charge in [-0.05, 0) is 49.6 Å². The third-order valence-corrected chi connectivity index (χ3v) is 4.82. The highest BCUT2D eigenvalue weighted by Crippen LogP contribution is 2.27. The molecule has 0 saturated carbocycles. The Bertz CT molecular complexity index is 1050. The van der Waals surface area contributed by atoms with Crippen LogP contribution in [-0.4, -0.2) is 33.9 Å². The summed E-state index contributed by atoms with van der Waals surface area (Å²) in [6.07, 6.45) is 0.663. The van der Waals surface area contributed by atoms with Crippen LogP contribution in [0, 0.1) is 13.8 Å². The van der Waals surface area contributed by atoms with Crippen molar-refractivity contribution in [1.29, 1.82) is 0 Å². The van der Waals surface area contributed by atoms with E-state index >= 15 is 0 Å². The molecule has 0 aliphatic carbocycles. The molecule has 8 heteroatoms. The highest BCUT2D eigenvalue weighted by Gasteiger charge is 2.17. The maximum Gasteiger partial charge on any atom is 0.339 e. The van der Waals surface area contributed by atoms with E-state index in [2.05, 4.69) is 20.3 Å². The van der Waals surface area contributed by atoms with Crippen molar-refractivity contribution >= 4 is 29.2 Å². The van der Waals surface area contributed by atoms with Crippen LogP contribution < -0.4 is 5.32 Å². The minimum absolute atomic E-state index is 0.174. The number of carbonyl (C=O) groups excluding carboxylic acids is 2. The number of amides is 1. The van der Waals surface area contributed by atoms with Crippen molar-refractivity contribution in [2.24, 2.45) is 0 Å². The lowest BCUT2D eigenvalue weighted by atomic mass is 10.1. The Hall–Kier alpha value is -3.06. The highest BCUT2D eigenvalue weighted by molar-refractivity contribution is 6.30. The lowest BCUT2D eigenvalue weighted by Gasteiger charge is -2.09. The molecule has 2 aromatic heterocycles. The molecule has 0 saturated heterocycles. The van der Waals surface area contributed by atoms with Crippen LogP contribution in [0.4, 0.5) is 5.69 Å². The second kappa shape index (κ2) is 7.90. The zero-order valence-corrected chi connectivity index (χ0v) is 16.8. The van der Waals surface area contributed by atoms with Gasteiger partial charge in [-0.15, -0.1) is 0 Å². The number of rotatable bonds is 5. The summed E-state index contributed by atoms with van der Waals surface area (Å²) >= 11 is 6.00. The van der Waals surface area contributed by atoms with Crippen molar-refractivity contribution < 1.29 is 14.3 Å². The van der Waals surface area contributed by atoms with Crippen molar-refractivity contribution in [2.45, 2.75) is 27.2 Å². The molecule has 0 atom stereocenters. The topological polar surface area (TPSA) is 99.9 Å². The predicted octanol–water partition coefficient (Wildman–Crippen LogP) is 4.28. The number of hydrogen-bond acceptors (Lipinski definition) is 4. The number of aryl methyl sites for hydroxylation is 3. The summed E-state index contributed by atoms with van der Waals surface area (Å²) in [4.78, 5) is 34.4. The van der Waals surface area contributed by atoms with Crippen LogP contribution in [0.15, 0.2) is 24.3 Å². The van der Waals surface area contributed by atoms with Gasteiger partial charge in [0.05, 0.1) is 18.4 Å². The number of nitrogens with one attached hydrogen (secondary N) is 3. The quantitative estimate of drug-likeness (QED) is 0.556. The molecule has 28 heavy (non-hydrogen) atoms. The fraction of sp³-hybridized carbons (Fsp3) is 0.250. The van der Waals surface area contributed by atoms with Crippen LogP contribution in [-0.2, 0) is 11.2 Å². The van der Waals surface area contributed by atoms with Crippen molar-refractivity contribution in [3.63, 3.8) is 0 Å². The summed E-state index contributed by atoms with van der Waals surface area (Å²) in [7, 11) is 1.35. The zero-order chi connectivity index (χ0) is 20.4. The third kappa shape index (κ3) is 3.80. The number of H-pyrrole nitrogens is 2. The van der Waals surface area contributed by atoms with Crippen LogP contribution in [0.25, 0.3) is 11.3 Å². The molecule has 0 aliphatic heterocycles. The second-order valence-corrected chi connectivity index (χ2v) is 6.76. The molecule has 7 nitrogen and oxygen atoms in total. The molecule has 1 amide bonds. The van der Waals surface area contributed by atoms with Crippen molar-refractivity contribution in [3.05, 3.63) is 57.8 Å². The van der Waals surface area contributed by atoms with Gasteiger partial charge in [-0.2, -0.15) is 0 Å². The van der Waals surface area contributed by atoms with Gasteiger partial charge in [0.2, 0.25) is 0 Å². The SMILES string of the molecule is CCc1[nH]c(C(=O)Nc2ccc(-c3cc(C(=O)OC)c(C)[nH]3)cc2C)nc1Cl. The molecule has 0 radical (unpaired) electrons. The lowest BCUT2D eigenvalue weighted by molar-refractivity contribution is 0.0600. The Morgan fingerprint density at radius 3 is 2.57 bits per heavy atom. The molecule has 0 spiro atoms. The lowest BCUT2D eigenvalue weighted by Crippen LogP contribution is -2.14. The first kappa shape index (κ1) is 19.7. The van der Waals surface area contributed by atoms with Gasteiger partial charge in [0.1, 0.15) is 0 Å². The smallest absolute Gasteiger partial charge is 0.339 e. The molecule has 0 bridgehead atoms. The third-order valence-electron chi connectivity index (χ3n) is 4.50. The number of nitrogens with zero attached hydrogens (tertiary/aromatic N) is 1. The number of benzene rings is 1. The number of anilines is 1. The Kier molecular flexibility index (Phi) is 5.56.